The Morgan fingerprint density at radius 3 is 2.52 bits per heavy atom. The van der Waals surface area contributed by atoms with Gasteiger partial charge in [-0.2, -0.15) is 0 Å². The molecule has 6 N–H and O–H groups in total. The maximum atomic E-state index is 6.58. The van der Waals surface area contributed by atoms with Gasteiger partial charge in [-0.15, -0.1) is 0 Å². The summed E-state index contributed by atoms with van der Waals surface area (Å²) in [6, 6.07) is 2.25. The molecule has 0 bridgehead atoms. The maximum Gasteiger partial charge on any atom is 0.0405 e. The molecule has 1 aromatic carbocycles. The Morgan fingerprint density at radius 2 is 1.91 bits per heavy atom. The molecular formula is C20H33N3. The van der Waals surface area contributed by atoms with Gasteiger partial charge in [0.25, 0.3) is 0 Å². The third kappa shape index (κ3) is 2.27. The van der Waals surface area contributed by atoms with Crippen LogP contribution in [0.25, 0.3) is 0 Å². The predicted octanol–water partition coefficient (Wildman–Crippen LogP) is 3.94. The van der Waals surface area contributed by atoms with Crippen LogP contribution in [0.4, 0.5) is 11.4 Å². The van der Waals surface area contributed by atoms with Crippen LogP contribution in [0.1, 0.15) is 76.0 Å². The number of nitrogen functional groups attached to an aromatic ring is 2. The lowest BCUT2D eigenvalue weighted by Gasteiger charge is -2.55. The maximum absolute atomic E-state index is 6.58. The van der Waals surface area contributed by atoms with Crippen LogP contribution < -0.4 is 17.2 Å². The van der Waals surface area contributed by atoms with E-state index in [0.717, 1.165) is 29.9 Å². The van der Waals surface area contributed by atoms with Crippen molar-refractivity contribution in [1.29, 1.82) is 0 Å². The standard InChI is InChI=1S/C20H33N3/c1-12(2)17-15(22)10-14-13(18(17)23)6-7-16-19(3,11-21)8-5-9-20(14,16)4/h10,12,16H,5-9,11,21-23H2,1-4H3/t16-,19-,20+/m0/s1. The zero-order valence-electron chi connectivity index (χ0n) is 15.2. The molecule has 0 aromatic heterocycles. The van der Waals surface area contributed by atoms with Crippen molar-refractivity contribution in [2.24, 2.45) is 17.1 Å². The van der Waals surface area contributed by atoms with Gasteiger partial charge in [-0.3, -0.25) is 0 Å². The molecule has 3 atom stereocenters. The molecule has 128 valence electrons. The Labute approximate surface area is 141 Å². The van der Waals surface area contributed by atoms with Crippen molar-refractivity contribution in [3.63, 3.8) is 0 Å². The van der Waals surface area contributed by atoms with E-state index in [1.807, 2.05) is 0 Å². The lowest BCUT2D eigenvalue weighted by molar-refractivity contribution is 0.0328. The van der Waals surface area contributed by atoms with Gasteiger partial charge in [0.15, 0.2) is 0 Å². The normalized spacial score (nSPS) is 33.4. The zero-order chi connectivity index (χ0) is 17.0. The van der Waals surface area contributed by atoms with Gasteiger partial charge in [0.05, 0.1) is 0 Å². The lowest BCUT2D eigenvalue weighted by atomic mass is 9.49. The van der Waals surface area contributed by atoms with Gasteiger partial charge in [-0.1, -0.05) is 34.1 Å². The highest BCUT2D eigenvalue weighted by Crippen LogP contribution is 2.58. The van der Waals surface area contributed by atoms with Crippen molar-refractivity contribution in [1.82, 2.24) is 0 Å². The van der Waals surface area contributed by atoms with Crippen molar-refractivity contribution in [3.05, 3.63) is 22.8 Å². The van der Waals surface area contributed by atoms with Gasteiger partial charge >= 0.3 is 0 Å². The van der Waals surface area contributed by atoms with Gasteiger partial charge in [0.1, 0.15) is 0 Å². The summed E-state index contributed by atoms with van der Waals surface area (Å²) in [5.74, 6) is 0.997. The predicted molar refractivity (Wildman–Crippen MR) is 99.5 cm³/mol. The molecule has 0 radical (unpaired) electrons. The van der Waals surface area contributed by atoms with Gasteiger partial charge in [0.2, 0.25) is 0 Å². The molecule has 3 nitrogen and oxygen atoms in total. The summed E-state index contributed by atoms with van der Waals surface area (Å²) in [5.41, 5.74) is 25.3. The molecule has 0 heterocycles. The highest BCUT2D eigenvalue weighted by Gasteiger charge is 2.51. The molecule has 1 saturated carbocycles. The van der Waals surface area contributed by atoms with Crippen LogP contribution in [0.2, 0.25) is 0 Å². The molecular weight excluding hydrogens is 282 g/mol. The van der Waals surface area contributed by atoms with Crippen LogP contribution in [-0.2, 0) is 11.8 Å². The number of rotatable bonds is 2. The summed E-state index contributed by atoms with van der Waals surface area (Å²) in [4.78, 5) is 0. The minimum atomic E-state index is 0.164. The monoisotopic (exact) mass is 315 g/mol. The Morgan fingerprint density at radius 1 is 1.22 bits per heavy atom. The molecule has 1 fully saturated rings. The van der Waals surface area contributed by atoms with Crippen LogP contribution in [0.3, 0.4) is 0 Å². The topological polar surface area (TPSA) is 78.1 Å². The first kappa shape index (κ1) is 16.6. The molecule has 0 spiro atoms. The highest BCUT2D eigenvalue weighted by molar-refractivity contribution is 5.71. The first-order valence-electron chi connectivity index (χ1n) is 9.16. The average molecular weight is 316 g/mol. The minimum absolute atomic E-state index is 0.164. The number of hydrogen-bond acceptors (Lipinski definition) is 3. The SMILES string of the molecule is CC(C)c1c(N)cc2c(c1N)CC[C@H]1[C@](C)(CN)CCC[C@]21C. The molecule has 3 rings (SSSR count). The van der Waals surface area contributed by atoms with Gasteiger partial charge < -0.3 is 17.2 Å². The fourth-order valence-electron chi connectivity index (χ4n) is 5.71. The summed E-state index contributed by atoms with van der Waals surface area (Å²) in [5, 5.41) is 0. The molecule has 23 heavy (non-hydrogen) atoms. The number of benzene rings is 1. The van der Waals surface area contributed by atoms with E-state index < -0.39 is 0 Å². The van der Waals surface area contributed by atoms with Gasteiger partial charge in [0, 0.05) is 16.9 Å². The fraction of sp³-hybridized carbons (Fsp3) is 0.700. The van der Waals surface area contributed by atoms with Crippen LogP contribution in [0.5, 0.6) is 0 Å². The van der Waals surface area contributed by atoms with Crippen molar-refractivity contribution in [3.8, 4) is 0 Å². The van der Waals surface area contributed by atoms with Crippen molar-refractivity contribution in [2.45, 2.75) is 71.1 Å². The zero-order valence-corrected chi connectivity index (χ0v) is 15.2. The summed E-state index contributed by atoms with van der Waals surface area (Å²) in [7, 11) is 0. The third-order valence-electron chi connectivity index (χ3n) is 6.95. The van der Waals surface area contributed by atoms with Crippen molar-refractivity contribution in [2.75, 3.05) is 18.0 Å². The van der Waals surface area contributed by atoms with E-state index in [2.05, 4.69) is 33.8 Å². The Balaban J connectivity index is 2.18. The lowest BCUT2D eigenvalue weighted by Crippen LogP contribution is -2.52. The first-order valence-corrected chi connectivity index (χ1v) is 9.16. The van der Waals surface area contributed by atoms with Crippen LogP contribution >= 0.6 is 0 Å². The summed E-state index contributed by atoms with van der Waals surface area (Å²) in [6.45, 7) is 9.94. The largest absolute Gasteiger partial charge is 0.398 e. The number of fused-ring (bicyclic) bond motifs is 3. The second kappa shape index (κ2) is 5.41. The molecule has 2 aliphatic carbocycles. The Bertz CT molecular complexity index is 622. The molecule has 0 saturated heterocycles. The number of anilines is 2. The minimum Gasteiger partial charge on any atom is -0.398 e. The van der Waals surface area contributed by atoms with Crippen LogP contribution in [0.15, 0.2) is 6.07 Å². The first-order chi connectivity index (χ1) is 10.7. The third-order valence-corrected chi connectivity index (χ3v) is 6.95. The van der Waals surface area contributed by atoms with Crippen molar-refractivity contribution >= 4 is 11.4 Å². The Kier molecular flexibility index (Phi) is 3.91. The van der Waals surface area contributed by atoms with E-state index in [1.54, 1.807) is 0 Å². The summed E-state index contributed by atoms with van der Waals surface area (Å²) in [6.07, 6.45) is 5.97. The van der Waals surface area contributed by atoms with Crippen molar-refractivity contribution < 1.29 is 0 Å². The smallest absolute Gasteiger partial charge is 0.0405 e. The van der Waals surface area contributed by atoms with E-state index in [-0.39, 0.29) is 10.8 Å². The molecule has 0 aliphatic heterocycles. The molecule has 2 aliphatic rings. The van der Waals surface area contributed by atoms with E-state index in [1.165, 1.54) is 36.8 Å². The number of hydrogen-bond donors (Lipinski definition) is 3. The van der Waals surface area contributed by atoms with Crippen LogP contribution in [0, 0.1) is 11.3 Å². The van der Waals surface area contributed by atoms with Crippen LogP contribution in [-0.4, -0.2) is 6.54 Å². The molecule has 3 heteroatoms. The number of nitrogens with two attached hydrogens (primary N) is 3. The summed E-state index contributed by atoms with van der Waals surface area (Å²) >= 11 is 0. The van der Waals surface area contributed by atoms with Gasteiger partial charge in [-0.05, 0) is 72.1 Å². The fourth-order valence-corrected chi connectivity index (χ4v) is 5.71. The molecule has 1 aromatic rings. The highest BCUT2D eigenvalue weighted by atomic mass is 14.7. The second-order valence-corrected chi connectivity index (χ2v) is 8.69. The van der Waals surface area contributed by atoms with E-state index in [4.69, 9.17) is 17.2 Å². The van der Waals surface area contributed by atoms with E-state index >= 15 is 0 Å². The Hall–Kier alpha value is -1.22. The quantitative estimate of drug-likeness (QED) is 0.723. The van der Waals surface area contributed by atoms with Gasteiger partial charge in [-0.25, -0.2) is 0 Å². The van der Waals surface area contributed by atoms with E-state index in [9.17, 15) is 0 Å². The second-order valence-electron chi connectivity index (χ2n) is 8.69. The molecule has 0 unspecified atom stereocenters. The average Bonchev–Trinajstić information content (AvgIpc) is 2.47. The van der Waals surface area contributed by atoms with E-state index in [0.29, 0.717) is 11.8 Å². The summed E-state index contributed by atoms with van der Waals surface area (Å²) < 4.78 is 0. The molecule has 0 amide bonds.